The van der Waals surface area contributed by atoms with Crippen LogP contribution in [0.25, 0.3) is 0 Å². The summed E-state index contributed by atoms with van der Waals surface area (Å²) in [7, 11) is 1.22. The SMILES string of the molecule is COC(=O)C1=C[C@H](N)[C@@H](NC(C)=O)[C@H](C(O)C2CCCCC2O)O1. The second-order valence-corrected chi connectivity index (χ2v) is 6.41. The Morgan fingerprint density at radius 2 is 2.08 bits per heavy atom. The Bertz CT molecular complexity index is 509. The molecule has 0 saturated heterocycles. The van der Waals surface area contributed by atoms with Gasteiger partial charge in [0, 0.05) is 12.8 Å². The number of rotatable bonds is 4. The van der Waals surface area contributed by atoms with E-state index >= 15 is 0 Å². The van der Waals surface area contributed by atoms with Crippen molar-refractivity contribution in [2.24, 2.45) is 11.7 Å². The third-order valence-electron chi connectivity index (χ3n) is 4.69. The van der Waals surface area contributed by atoms with Crippen molar-refractivity contribution in [3.63, 3.8) is 0 Å². The lowest BCUT2D eigenvalue weighted by Crippen LogP contribution is -2.61. The molecule has 0 aromatic carbocycles. The first-order valence-electron chi connectivity index (χ1n) is 8.20. The Morgan fingerprint density at radius 3 is 2.67 bits per heavy atom. The molecule has 0 aromatic heterocycles. The molecule has 1 aliphatic carbocycles. The molecule has 1 amide bonds. The lowest BCUT2D eigenvalue weighted by Gasteiger charge is -2.42. The summed E-state index contributed by atoms with van der Waals surface area (Å²) in [5.74, 6) is -1.52. The molecule has 1 heterocycles. The van der Waals surface area contributed by atoms with E-state index in [4.69, 9.17) is 10.5 Å². The van der Waals surface area contributed by atoms with Gasteiger partial charge in [-0.15, -0.1) is 0 Å². The number of carbonyl (C=O) groups excluding carboxylic acids is 2. The van der Waals surface area contributed by atoms with E-state index in [1.807, 2.05) is 0 Å². The number of aliphatic hydroxyl groups is 2. The van der Waals surface area contributed by atoms with Crippen molar-refractivity contribution < 1.29 is 29.3 Å². The average molecular weight is 342 g/mol. The average Bonchev–Trinajstić information content (AvgIpc) is 2.55. The first kappa shape index (κ1) is 18.7. The summed E-state index contributed by atoms with van der Waals surface area (Å²) in [6, 6.07) is -1.43. The van der Waals surface area contributed by atoms with Crippen molar-refractivity contribution >= 4 is 11.9 Å². The first-order valence-corrected chi connectivity index (χ1v) is 8.20. The minimum atomic E-state index is -1.07. The summed E-state index contributed by atoms with van der Waals surface area (Å²) in [4.78, 5) is 23.2. The van der Waals surface area contributed by atoms with Gasteiger partial charge in [0.05, 0.1) is 31.4 Å². The number of ether oxygens (including phenoxy) is 2. The van der Waals surface area contributed by atoms with Crippen molar-refractivity contribution in [3.8, 4) is 0 Å². The van der Waals surface area contributed by atoms with E-state index < -0.39 is 42.3 Å². The first-order chi connectivity index (χ1) is 11.3. The number of nitrogens with one attached hydrogen (secondary N) is 1. The third kappa shape index (κ3) is 4.06. The van der Waals surface area contributed by atoms with Crippen molar-refractivity contribution in [1.82, 2.24) is 5.32 Å². The number of aliphatic hydroxyl groups excluding tert-OH is 2. The van der Waals surface area contributed by atoms with Crippen molar-refractivity contribution in [2.75, 3.05) is 7.11 Å². The number of amides is 1. The highest BCUT2D eigenvalue weighted by molar-refractivity contribution is 5.86. The smallest absolute Gasteiger partial charge is 0.373 e. The molecule has 5 N–H and O–H groups in total. The second kappa shape index (κ2) is 7.96. The van der Waals surface area contributed by atoms with Crippen LogP contribution in [0.15, 0.2) is 11.8 Å². The van der Waals surface area contributed by atoms with E-state index in [1.54, 1.807) is 0 Å². The van der Waals surface area contributed by atoms with Crippen LogP contribution in [-0.4, -0.2) is 59.6 Å². The highest BCUT2D eigenvalue weighted by Gasteiger charge is 2.44. The van der Waals surface area contributed by atoms with Gasteiger partial charge in [0.15, 0.2) is 0 Å². The number of hydrogen-bond acceptors (Lipinski definition) is 7. The maximum Gasteiger partial charge on any atom is 0.373 e. The van der Waals surface area contributed by atoms with E-state index in [0.29, 0.717) is 12.8 Å². The van der Waals surface area contributed by atoms with E-state index in [-0.39, 0.29) is 11.7 Å². The number of nitrogens with two attached hydrogens (primary N) is 1. The van der Waals surface area contributed by atoms with Crippen LogP contribution in [0.4, 0.5) is 0 Å². The van der Waals surface area contributed by atoms with Gasteiger partial charge in [0.2, 0.25) is 11.7 Å². The van der Waals surface area contributed by atoms with Crippen LogP contribution in [0, 0.1) is 5.92 Å². The zero-order valence-electron chi connectivity index (χ0n) is 14.0. The van der Waals surface area contributed by atoms with Gasteiger partial charge in [0.1, 0.15) is 6.10 Å². The van der Waals surface area contributed by atoms with Crippen LogP contribution >= 0.6 is 0 Å². The van der Waals surface area contributed by atoms with Crippen molar-refractivity contribution in [2.45, 2.75) is 63.0 Å². The van der Waals surface area contributed by atoms with Crippen molar-refractivity contribution in [3.05, 3.63) is 11.8 Å². The summed E-state index contributed by atoms with van der Waals surface area (Å²) < 4.78 is 10.3. The molecule has 0 spiro atoms. The molecule has 0 radical (unpaired) electrons. The highest BCUT2D eigenvalue weighted by Crippen LogP contribution is 2.32. The maximum atomic E-state index is 11.8. The zero-order chi connectivity index (χ0) is 17.9. The van der Waals surface area contributed by atoms with Gasteiger partial charge >= 0.3 is 5.97 Å². The lowest BCUT2D eigenvalue weighted by atomic mass is 9.78. The van der Waals surface area contributed by atoms with Gasteiger partial charge < -0.3 is 30.7 Å². The fourth-order valence-electron chi connectivity index (χ4n) is 3.45. The fourth-order valence-corrected chi connectivity index (χ4v) is 3.45. The van der Waals surface area contributed by atoms with Gasteiger partial charge in [-0.05, 0) is 18.9 Å². The molecule has 2 aliphatic rings. The molecule has 3 unspecified atom stereocenters. The van der Waals surface area contributed by atoms with Crippen LogP contribution in [0.3, 0.4) is 0 Å². The monoisotopic (exact) mass is 342 g/mol. The molecular formula is C16H26N2O6. The zero-order valence-corrected chi connectivity index (χ0v) is 14.0. The topological polar surface area (TPSA) is 131 Å². The summed E-state index contributed by atoms with van der Waals surface area (Å²) in [6.07, 6.45) is 1.73. The standard InChI is InChI=1S/C16H26N2O6/c1-8(19)18-13-10(17)7-12(16(22)23-2)24-15(13)14(21)9-5-3-4-6-11(9)20/h7,9-11,13-15,20-21H,3-6,17H2,1-2H3,(H,18,19)/t9?,10-,11?,13+,14?,15+/m0/s1. The predicted octanol–water partition coefficient (Wildman–Crippen LogP) is -0.814. The molecular weight excluding hydrogens is 316 g/mol. The van der Waals surface area contributed by atoms with Gasteiger partial charge in [-0.1, -0.05) is 12.8 Å². The Hall–Kier alpha value is -1.64. The summed E-state index contributed by atoms with van der Waals surface area (Å²) in [5.41, 5.74) is 6.05. The molecule has 136 valence electrons. The van der Waals surface area contributed by atoms with Crippen LogP contribution in [0.2, 0.25) is 0 Å². The summed E-state index contributed by atoms with van der Waals surface area (Å²) >= 11 is 0. The summed E-state index contributed by atoms with van der Waals surface area (Å²) in [6.45, 7) is 1.34. The molecule has 0 aromatic rings. The van der Waals surface area contributed by atoms with Crippen molar-refractivity contribution in [1.29, 1.82) is 0 Å². The maximum absolute atomic E-state index is 11.8. The molecule has 1 aliphatic heterocycles. The minimum absolute atomic E-state index is 0.0963. The van der Waals surface area contributed by atoms with Crippen LogP contribution in [0.1, 0.15) is 32.6 Å². The number of methoxy groups -OCH3 is 1. The van der Waals surface area contributed by atoms with E-state index in [9.17, 15) is 19.8 Å². The van der Waals surface area contributed by atoms with Gasteiger partial charge in [0.25, 0.3) is 0 Å². The number of carbonyl (C=O) groups is 2. The van der Waals surface area contributed by atoms with Crippen LogP contribution in [0.5, 0.6) is 0 Å². The normalized spacial score (nSPS) is 34.5. The Labute approximate surface area is 141 Å². The van der Waals surface area contributed by atoms with Gasteiger partial charge in [-0.2, -0.15) is 0 Å². The van der Waals surface area contributed by atoms with E-state index in [2.05, 4.69) is 10.1 Å². The summed E-state index contributed by atoms with van der Waals surface area (Å²) in [5, 5.41) is 23.6. The molecule has 8 heteroatoms. The van der Waals surface area contributed by atoms with Crippen LogP contribution in [-0.2, 0) is 19.1 Å². The predicted molar refractivity (Wildman–Crippen MR) is 84.5 cm³/mol. The van der Waals surface area contributed by atoms with Gasteiger partial charge in [-0.25, -0.2) is 4.79 Å². The van der Waals surface area contributed by atoms with E-state index in [1.165, 1.54) is 20.1 Å². The molecule has 1 fully saturated rings. The quantitative estimate of drug-likeness (QED) is 0.491. The number of esters is 1. The molecule has 0 bridgehead atoms. The molecule has 24 heavy (non-hydrogen) atoms. The Kier molecular flexibility index (Phi) is 6.20. The lowest BCUT2D eigenvalue weighted by molar-refractivity contribution is -0.148. The molecule has 8 nitrogen and oxygen atoms in total. The molecule has 1 saturated carbocycles. The van der Waals surface area contributed by atoms with Gasteiger partial charge in [-0.3, -0.25) is 4.79 Å². The fraction of sp³-hybridized carbons (Fsp3) is 0.750. The Morgan fingerprint density at radius 1 is 1.42 bits per heavy atom. The minimum Gasteiger partial charge on any atom is -0.478 e. The molecule has 6 atom stereocenters. The highest BCUT2D eigenvalue weighted by atomic mass is 16.6. The third-order valence-corrected chi connectivity index (χ3v) is 4.69. The Balaban J connectivity index is 2.25. The second-order valence-electron chi connectivity index (χ2n) is 6.41. The largest absolute Gasteiger partial charge is 0.478 e. The molecule has 2 rings (SSSR count). The van der Waals surface area contributed by atoms with Crippen LogP contribution < -0.4 is 11.1 Å². The van der Waals surface area contributed by atoms with E-state index in [0.717, 1.165) is 12.8 Å². The number of hydrogen-bond donors (Lipinski definition) is 4.